The van der Waals surface area contributed by atoms with E-state index in [2.05, 4.69) is 11.2 Å². The van der Waals surface area contributed by atoms with E-state index in [1.807, 2.05) is 24.3 Å². The smallest absolute Gasteiger partial charge is 0.241 e. The fourth-order valence-electron chi connectivity index (χ4n) is 1.59. The number of nitrogens with zero attached hydrogens (tertiary/aromatic N) is 3. The van der Waals surface area contributed by atoms with Gasteiger partial charge in [0.25, 0.3) is 0 Å². The molecular formula is C11H9N3O. The highest BCUT2D eigenvalue weighted by molar-refractivity contribution is 5.86. The van der Waals surface area contributed by atoms with Crippen LogP contribution in [0.1, 0.15) is 24.1 Å². The Bertz CT molecular complexity index is 473. The van der Waals surface area contributed by atoms with Crippen molar-refractivity contribution in [2.75, 3.05) is 0 Å². The van der Waals surface area contributed by atoms with Gasteiger partial charge in [-0.25, -0.2) is 5.01 Å². The fourth-order valence-corrected chi connectivity index (χ4v) is 1.59. The molecule has 1 atom stereocenters. The third kappa shape index (κ3) is 1.48. The fraction of sp³-hybridized carbons (Fsp3) is 0.182. The zero-order valence-corrected chi connectivity index (χ0v) is 8.21. The summed E-state index contributed by atoms with van der Waals surface area (Å²) in [4.78, 5) is 11.2. The number of hydrogen-bond donors (Lipinski definition) is 0. The summed E-state index contributed by atoms with van der Waals surface area (Å²) < 4.78 is 0. The first-order chi connectivity index (χ1) is 7.24. The van der Waals surface area contributed by atoms with Gasteiger partial charge in [0.1, 0.15) is 0 Å². The summed E-state index contributed by atoms with van der Waals surface area (Å²) in [7, 11) is 0. The van der Waals surface area contributed by atoms with Crippen molar-refractivity contribution in [1.82, 2.24) is 5.01 Å². The highest BCUT2D eigenvalue weighted by Crippen LogP contribution is 2.26. The molecule has 1 heterocycles. The van der Waals surface area contributed by atoms with Crippen LogP contribution in [0.25, 0.3) is 0 Å². The third-order valence-electron chi connectivity index (χ3n) is 2.30. The first-order valence-corrected chi connectivity index (χ1v) is 4.56. The topological polar surface area (TPSA) is 56.5 Å². The minimum Gasteiger partial charge on any atom is -0.273 e. The van der Waals surface area contributed by atoms with E-state index >= 15 is 0 Å². The van der Waals surface area contributed by atoms with Gasteiger partial charge in [-0.05, 0) is 5.56 Å². The van der Waals surface area contributed by atoms with Crippen LogP contribution in [0.2, 0.25) is 0 Å². The number of benzene rings is 1. The largest absolute Gasteiger partial charge is 0.273 e. The van der Waals surface area contributed by atoms with Crippen LogP contribution in [0, 0.1) is 11.3 Å². The molecule has 1 unspecified atom stereocenters. The van der Waals surface area contributed by atoms with Crippen LogP contribution in [-0.2, 0) is 4.79 Å². The lowest BCUT2D eigenvalue weighted by molar-refractivity contribution is -0.130. The zero-order chi connectivity index (χ0) is 10.8. The lowest BCUT2D eigenvalue weighted by Gasteiger charge is -2.25. The van der Waals surface area contributed by atoms with Crippen molar-refractivity contribution < 1.29 is 4.79 Å². The van der Waals surface area contributed by atoms with Gasteiger partial charge in [0.15, 0.2) is 6.04 Å². The van der Waals surface area contributed by atoms with Crippen LogP contribution in [-0.4, -0.2) is 17.1 Å². The second-order valence-electron chi connectivity index (χ2n) is 3.27. The van der Waals surface area contributed by atoms with Gasteiger partial charge in [0, 0.05) is 12.5 Å². The molecule has 74 valence electrons. The molecule has 4 heteroatoms. The number of nitriles is 1. The van der Waals surface area contributed by atoms with Crippen LogP contribution in [0.5, 0.6) is 0 Å². The van der Waals surface area contributed by atoms with Crippen molar-refractivity contribution in [3.63, 3.8) is 0 Å². The molecule has 0 aliphatic carbocycles. The Morgan fingerprint density at radius 3 is 2.93 bits per heavy atom. The van der Waals surface area contributed by atoms with E-state index in [-0.39, 0.29) is 5.91 Å². The molecule has 1 aliphatic rings. The summed E-state index contributed by atoms with van der Waals surface area (Å²) >= 11 is 0. The number of hydrogen-bond acceptors (Lipinski definition) is 3. The quantitative estimate of drug-likeness (QED) is 0.635. The Labute approximate surface area is 87.4 Å². The SMILES string of the molecule is CC(=O)N1N=Cc2ccccc2C1C#N. The summed E-state index contributed by atoms with van der Waals surface area (Å²) in [5.74, 6) is -0.229. The number of carbonyl (C=O) groups is 1. The molecule has 4 nitrogen and oxygen atoms in total. The first kappa shape index (κ1) is 9.41. The summed E-state index contributed by atoms with van der Waals surface area (Å²) in [5.41, 5.74) is 1.71. The zero-order valence-electron chi connectivity index (χ0n) is 8.21. The second-order valence-corrected chi connectivity index (χ2v) is 3.27. The van der Waals surface area contributed by atoms with Crippen molar-refractivity contribution in [2.45, 2.75) is 13.0 Å². The molecule has 1 aromatic carbocycles. The maximum Gasteiger partial charge on any atom is 0.241 e. The first-order valence-electron chi connectivity index (χ1n) is 4.56. The molecule has 0 radical (unpaired) electrons. The molecule has 1 aliphatic heterocycles. The van der Waals surface area contributed by atoms with E-state index in [1.54, 1.807) is 6.21 Å². The molecular weight excluding hydrogens is 190 g/mol. The van der Waals surface area contributed by atoms with Crippen molar-refractivity contribution in [3.05, 3.63) is 35.4 Å². The van der Waals surface area contributed by atoms with E-state index in [4.69, 9.17) is 5.26 Å². The van der Waals surface area contributed by atoms with Crippen LogP contribution in [0.3, 0.4) is 0 Å². The van der Waals surface area contributed by atoms with E-state index < -0.39 is 6.04 Å². The van der Waals surface area contributed by atoms with Gasteiger partial charge in [0.2, 0.25) is 5.91 Å². The molecule has 0 bridgehead atoms. The van der Waals surface area contributed by atoms with E-state index in [9.17, 15) is 4.79 Å². The maximum absolute atomic E-state index is 11.2. The monoisotopic (exact) mass is 199 g/mol. The minimum atomic E-state index is -0.608. The van der Waals surface area contributed by atoms with E-state index in [1.165, 1.54) is 11.9 Å². The number of carbonyl (C=O) groups excluding carboxylic acids is 1. The minimum absolute atomic E-state index is 0.229. The van der Waals surface area contributed by atoms with Crippen molar-refractivity contribution in [3.8, 4) is 6.07 Å². The van der Waals surface area contributed by atoms with E-state index in [0.717, 1.165) is 11.1 Å². The van der Waals surface area contributed by atoms with Gasteiger partial charge in [-0.3, -0.25) is 4.79 Å². The van der Waals surface area contributed by atoms with Crippen molar-refractivity contribution in [2.24, 2.45) is 5.10 Å². The summed E-state index contributed by atoms with van der Waals surface area (Å²) in [6.45, 7) is 1.40. The molecule has 1 amide bonds. The number of rotatable bonds is 0. The summed E-state index contributed by atoms with van der Waals surface area (Å²) in [6.07, 6.45) is 1.60. The molecule has 0 saturated heterocycles. The molecule has 0 spiro atoms. The number of fused-ring (bicyclic) bond motifs is 1. The highest BCUT2D eigenvalue weighted by Gasteiger charge is 2.26. The predicted molar refractivity (Wildman–Crippen MR) is 54.9 cm³/mol. The van der Waals surface area contributed by atoms with Gasteiger partial charge in [0.05, 0.1) is 12.3 Å². The highest BCUT2D eigenvalue weighted by atomic mass is 16.2. The molecule has 0 saturated carbocycles. The van der Waals surface area contributed by atoms with Crippen molar-refractivity contribution >= 4 is 12.1 Å². The number of hydrazone groups is 1. The normalized spacial score (nSPS) is 18.1. The third-order valence-corrected chi connectivity index (χ3v) is 2.30. The summed E-state index contributed by atoms with van der Waals surface area (Å²) in [5, 5.41) is 14.2. The van der Waals surface area contributed by atoms with Crippen LogP contribution < -0.4 is 0 Å². The van der Waals surface area contributed by atoms with Crippen molar-refractivity contribution in [1.29, 1.82) is 5.26 Å². The lowest BCUT2D eigenvalue weighted by Crippen LogP contribution is -2.30. The molecule has 0 fully saturated rings. The molecule has 2 rings (SSSR count). The van der Waals surface area contributed by atoms with E-state index in [0.29, 0.717) is 0 Å². The average molecular weight is 199 g/mol. The van der Waals surface area contributed by atoms with Crippen LogP contribution in [0.4, 0.5) is 0 Å². The van der Waals surface area contributed by atoms with Crippen LogP contribution in [0.15, 0.2) is 29.4 Å². The second kappa shape index (κ2) is 3.54. The lowest BCUT2D eigenvalue weighted by atomic mass is 10.0. The standard InChI is InChI=1S/C11H9N3O/c1-8(15)14-11(6-12)10-5-3-2-4-9(10)7-13-14/h2-5,7,11H,1H3. The molecule has 1 aromatic rings. The van der Waals surface area contributed by atoms with Gasteiger partial charge >= 0.3 is 0 Å². The average Bonchev–Trinajstić information content (AvgIpc) is 2.27. The van der Waals surface area contributed by atoms with Gasteiger partial charge in [-0.1, -0.05) is 24.3 Å². The Morgan fingerprint density at radius 2 is 2.27 bits per heavy atom. The van der Waals surface area contributed by atoms with Crippen LogP contribution >= 0.6 is 0 Å². The Kier molecular flexibility index (Phi) is 2.22. The number of amides is 1. The Balaban J connectivity index is 2.52. The Hall–Kier alpha value is -2.15. The molecule has 15 heavy (non-hydrogen) atoms. The van der Waals surface area contributed by atoms with Gasteiger partial charge in [-0.15, -0.1) is 0 Å². The molecule has 0 aromatic heterocycles. The maximum atomic E-state index is 11.2. The summed E-state index contributed by atoms with van der Waals surface area (Å²) in [6, 6.07) is 8.91. The van der Waals surface area contributed by atoms with Gasteiger partial charge in [-0.2, -0.15) is 10.4 Å². The Morgan fingerprint density at radius 1 is 1.53 bits per heavy atom. The predicted octanol–water partition coefficient (Wildman–Crippen LogP) is 1.45. The van der Waals surface area contributed by atoms with Gasteiger partial charge < -0.3 is 0 Å². The molecule has 0 N–H and O–H groups in total.